The van der Waals surface area contributed by atoms with Crippen LogP contribution in [-0.2, 0) is 0 Å². The van der Waals surface area contributed by atoms with Gasteiger partial charge < -0.3 is 0 Å². The summed E-state index contributed by atoms with van der Waals surface area (Å²) in [7, 11) is 0. The summed E-state index contributed by atoms with van der Waals surface area (Å²) < 4.78 is 0. The Kier molecular flexibility index (Phi) is 3.09. The van der Waals surface area contributed by atoms with Crippen molar-refractivity contribution in [3.8, 4) is 0 Å². The summed E-state index contributed by atoms with van der Waals surface area (Å²) in [6.07, 6.45) is 4.06. The first kappa shape index (κ1) is 11.4. The molecule has 0 aromatic carbocycles. The number of nitrogens with zero attached hydrogens (tertiary/aromatic N) is 2. The van der Waals surface area contributed by atoms with Crippen LogP contribution in [0.2, 0.25) is 0 Å². The highest BCUT2D eigenvalue weighted by atomic mass is 15.4. The highest BCUT2D eigenvalue weighted by Gasteiger charge is 2.46. The van der Waals surface area contributed by atoms with Gasteiger partial charge in [0, 0.05) is 30.7 Å². The third kappa shape index (κ3) is 1.94. The summed E-state index contributed by atoms with van der Waals surface area (Å²) in [6.45, 7) is 13.3. The monoisotopic (exact) mass is 210 g/mol. The van der Waals surface area contributed by atoms with E-state index in [1.807, 2.05) is 0 Å². The van der Waals surface area contributed by atoms with Gasteiger partial charge in [0.05, 0.1) is 0 Å². The second kappa shape index (κ2) is 4.06. The second-order valence-electron chi connectivity index (χ2n) is 5.85. The maximum Gasteiger partial charge on any atom is 0.0244 e. The predicted octanol–water partition coefficient (Wildman–Crippen LogP) is 2.34. The molecule has 2 saturated heterocycles. The fourth-order valence-corrected chi connectivity index (χ4v) is 3.63. The van der Waals surface area contributed by atoms with Crippen LogP contribution in [0.1, 0.15) is 47.0 Å². The summed E-state index contributed by atoms with van der Waals surface area (Å²) in [5.41, 5.74) is 0.425. The lowest BCUT2D eigenvalue weighted by molar-refractivity contribution is 0.0437. The molecule has 2 nitrogen and oxygen atoms in total. The summed E-state index contributed by atoms with van der Waals surface area (Å²) in [6, 6.07) is 1.70. The average molecular weight is 210 g/mol. The van der Waals surface area contributed by atoms with Gasteiger partial charge >= 0.3 is 0 Å². The molecule has 0 aliphatic carbocycles. The van der Waals surface area contributed by atoms with Crippen LogP contribution in [0.3, 0.4) is 0 Å². The Morgan fingerprint density at radius 2 is 1.87 bits per heavy atom. The van der Waals surface area contributed by atoms with Gasteiger partial charge in [-0.2, -0.15) is 0 Å². The lowest BCUT2D eigenvalue weighted by Crippen LogP contribution is -2.54. The molecule has 2 rings (SSSR count). The number of likely N-dealkylation sites (N-methyl/N-ethyl adjacent to an activating group) is 1. The number of likely N-dealkylation sites (tertiary alicyclic amines) is 2. The fraction of sp³-hybridized carbons (Fsp3) is 1.00. The van der Waals surface area contributed by atoms with Crippen LogP contribution in [0.15, 0.2) is 0 Å². The van der Waals surface area contributed by atoms with E-state index in [0.717, 1.165) is 12.1 Å². The Morgan fingerprint density at radius 1 is 1.13 bits per heavy atom. The molecule has 0 amide bonds. The van der Waals surface area contributed by atoms with Crippen LogP contribution in [0.5, 0.6) is 0 Å². The maximum absolute atomic E-state index is 2.77. The Balaban J connectivity index is 1.99. The van der Waals surface area contributed by atoms with Gasteiger partial charge in [0.15, 0.2) is 0 Å². The zero-order valence-electron chi connectivity index (χ0n) is 10.8. The van der Waals surface area contributed by atoms with Crippen LogP contribution in [0.4, 0.5) is 0 Å². The first-order valence-electron chi connectivity index (χ1n) is 6.59. The van der Waals surface area contributed by atoms with Gasteiger partial charge in [0.1, 0.15) is 0 Å². The van der Waals surface area contributed by atoms with E-state index in [4.69, 9.17) is 0 Å². The quantitative estimate of drug-likeness (QED) is 0.703. The smallest absolute Gasteiger partial charge is 0.0244 e. The maximum atomic E-state index is 2.77. The van der Waals surface area contributed by atoms with Crippen molar-refractivity contribution in [3.05, 3.63) is 0 Å². The van der Waals surface area contributed by atoms with Crippen molar-refractivity contribution in [3.63, 3.8) is 0 Å². The molecule has 0 N–H and O–H groups in total. The van der Waals surface area contributed by atoms with Crippen LogP contribution in [-0.4, -0.2) is 47.1 Å². The molecule has 0 saturated carbocycles. The summed E-state index contributed by atoms with van der Waals surface area (Å²) in [5, 5.41) is 0. The molecule has 88 valence electrons. The lowest BCUT2D eigenvalue weighted by Gasteiger charge is -2.44. The molecule has 0 aromatic rings. The van der Waals surface area contributed by atoms with Gasteiger partial charge in [-0.3, -0.25) is 9.80 Å². The molecule has 0 unspecified atom stereocenters. The van der Waals surface area contributed by atoms with E-state index in [9.17, 15) is 0 Å². The van der Waals surface area contributed by atoms with E-state index in [1.54, 1.807) is 0 Å². The van der Waals surface area contributed by atoms with Crippen LogP contribution >= 0.6 is 0 Å². The Morgan fingerprint density at radius 3 is 2.33 bits per heavy atom. The molecular weight excluding hydrogens is 184 g/mol. The lowest BCUT2D eigenvalue weighted by atomic mass is 9.95. The number of fused-ring (bicyclic) bond motifs is 2. The normalized spacial score (nSPS) is 32.8. The molecule has 2 bridgehead atoms. The van der Waals surface area contributed by atoms with Crippen molar-refractivity contribution in [1.82, 2.24) is 9.80 Å². The van der Waals surface area contributed by atoms with Crippen molar-refractivity contribution >= 4 is 0 Å². The van der Waals surface area contributed by atoms with Gasteiger partial charge in [0.25, 0.3) is 0 Å². The van der Waals surface area contributed by atoms with E-state index >= 15 is 0 Å². The van der Waals surface area contributed by atoms with E-state index in [0.29, 0.717) is 5.54 Å². The molecule has 2 fully saturated rings. The van der Waals surface area contributed by atoms with Crippen molar-refractivity contribution < 1.29 is 0 Å². The van der Waals surface area contributed by atoms with E-state index in [2.05, 4.69) is 37.5 Å². The Hall–Kier alpha value is -0.0800. The minimum absolute atomic E-state index is 0.425. The van der Waals surface area contributed by atoms with Crippen LogP contribution < -0.4 is 0 Å². The van der Waals surface area contributed by atoms with E-state index in [-0.39, 0.29) is 0 Å². The minimum Gasteiger partial charge on any atom is -0.298 e. The standard InChI is InChI=1S/C13H26N2/c1-5-7-13(3,4)15-10-11-8-12(15)9-14(11)6-2/h11-12H,5-10H2,1-4H3/t11-,12-/m0/s1. The molecule has 2 aliphatic heterocycles. The number of piperazine rings is 1. The zero-order chi connectivity index (χ0) is 11.1. The number of hydrogen-bond donors (Lipinski definition) is 0. The zero-order valence-corrected chi connectivity index (χ0v) is 10.8. The van der Waals surface area contributed by atoms with Gasteiger partial charge in [-0.1, -0.05) is 20.3 Å². The highest BCUT2D eigenvalue weighted by molar-refractivity contribution is 5.03. The molecule has 2 aliphatic rings. The molecule has 0 radical (unpaired) electrons. The number of hydrogen-bond acceptors (Lipinski definition) is 2. The molecule has 15 heavy (non-hydrogen) atoms. The average Bonchev–Trinajstić information content (AvgIpc) is 2.75. The highest BCUT2D eigenvalue weighted by Crippen LogP contribution is 2.36. The van der Waals surface area contributed by atoms with Gasteiger partial charge in [-0.15, -0.1) is 0 Å². The first-order chi connectivity index (χ1) is 7.08. The molecule has 2 heterocycles. The van der Waals surface area contributed by atoms with Gasteiger partial charge in [-0.05, 0) is 33.2 Å². The third-order valence-corrected chi connectivity index (χ3v) is 4.40. The van der Waals surface area contributed by atoms with E-state index < -0.39 is 0 Å². The van der Waals surface area contributed by atoms with Gasteiger partial charge in [0.2, 0.25) is 0 Å². The third-order valence-electron chi connectivity index (χ3n) is 4.40. The topological polar surface area (TPSA) is 6.48 Å². The predicted molar refractivity (Wildman–Crippen MR) is 65.1 cm³/mol. The molecular formula is C13H26N2. The fourth-order valence-electron chi connectivity index (χ4n) is 3.63. The molecule has 2 atom stereocenters. The Labute approximate surface area is 94.6 Å². The van der Waals surface area contributed by atoms with Crippen molar-refractivity contribution in [1.29, 1.82) is 0 Å². The summed E-state index contributed by atoms with van der Waals surface area (Å²) >= 11 is 0. The first-order valence-corrected chi connectivity index (χ1v) is 6.59. The SMILES string of the molecule is CCCC(C)(C)N1C[C@@H]2C[C@H]1CN2CC. The van der Waals surface area contributed by atoms with Crippen LogP contribution in [0.25, 0.3) is 0 Å². The van der Waals surface area contributed by atoms with Crippen LogP contribution in [0, 0.1) is 0 Å². The van der Waals surface area contributed by atoms with Crippen molar-refractivity contribution in [2.75, 3.05) is 19.6 Å². The summed E-state index contributed by atoms with van der Waals surface area (Å²) in [5.74, 6) is 0. The van der Waals surface area contributed by atoms with Crippen molar-refractivity contribution in [2.45, 2.75) is 64.6 Å². The second-order valence-corrected chi connectivity index (χ2v) is 5.85. The molecule has 2 heteroatoms. The van der Waals surface area contributed by atoms with E-state index in [1.165, 1.54) is 38.9 Å². The molecule has 0 spiro atoms. The van der Waals surface area contributed by atoms with Crippen molar-refractivity contribution in [2.24, 2.45) is 0 Å². The minimum atomic E-state index is 0.425. The largest absolute Gasteiger partial charge is 0.298 e. The Bertz CT molecular complexity index is 225. The molecule has 0 aromatic heterocycles. The summed E-state index contributed by atoms with van der Waals surface area (Å²) in [4.78, 5) is 5.43. The number of rotatable bonds is 4. The van der Waals surface area contributed by atoms with Gasteiger partial charge in [-0.25, -0.2) is 0 Å².